The molecular formula is C25H30N4O5S. The Kier molecular flexibility index (Phi) is 6.66. The lowest BCUT2D eigenvalue weighted by molar-refractivity contribution is -0.137. The number of ether oxygens (including phenoxy) is 1. The van der Waals surface area contributed by atoms with Gasteiger partial charge in [0.15, 0.2) is 5.58 Å². The molecule has 0 atom stereocenters. The first kappa shape index (κ1) is 23.6. The monoisotopic (exact) mass is 498 g/mol. The summed E-state index contributed by atoms with van der Waals surface area (Å²) in [4.78, 5) is 21.9. The number of hydrogen-bond acceptors (Lipinski definition) is 7. The number of sulfonamides is 1. The fourth-order valence-corrected chi connectivity index (χ4v) is 6.17. The van der Waals surface area contributed by atoms with Crippen LogP contribution in [-0.4, -0.2) is 74.4 Å². The van der Waals surface area contributed by atoms with Crippen LogP contribution in [0.1, 0.15) is 19.8 Å². The van der Waals surface area contributed by atoms with Gasteiger partial charge in [0.25, 0.3) is 6.01 Å². The molecular weight excluding hydrogens is 468 g/mol. The number of rotatable bonds is 6. The number of oxazole rings is 1. The fourth-order valence-electron chi connectivity index (χ4n) is 4.74. The minimum atomic E-state index is -3.60. The zero-order chi connectivity index (χ0) is 24.4. The Morgan fingerprint density at radius 2 is 1.69 bits per heavy atom. The number of carbonyl (C=O) groups is 1. The molecule has 0 radical (unpaired) electrons. The Balaban J connectivity index is 1.14. The van der Waals surface area contributed by atoms with Crippen molar-refractivity contribution in [1.82, 2.24) is 14.2 Å². The summed E-state index contributed by atoms with van der Waals surface area (Å²) in [5.41, 5.74) is 1.59. The first-order chi connectivity index (χ1) is 17.0. The van der Waals surface area contributed by atoms with E-state index in [1.54, 1.807) is 24.3 Å². The lowest BCUT2D eigenvalue weighted by atomic mass is 9.95. The number of carbonyl (C=O) groups excluding carboxylic acids is 1. The molecule has 0 aliphatic carbocycles. The van der Waals surface area contributed by atoms with Gasteiger partial charge in [-0.1, -0.05) is 12.1 Å². The summed E-state index contributed by atoms with van der Waals surface area (Å²) in [6, 6.07) is 14.8. The highest BCUT2D eigenvalue weighted by molar-refractivity contribution is 7.89. The number of benzene rings is 2. The molecule has 0 bridgehead atoms. The highest BCUT2D eigenvalue weighted by Crippen LogP contribution is 2.28. The van der Waals surface area contributed by atoms with Crippen molar-refractivity contribution in [2.75, 3.05) is 50.8 Å². The van der Waals surface area contributed by atoms with E-state index in [1.165, 1.54) is 4.31 Å². The average molecular weight is 499 g/mol. The molecule has 0 saturated carbocycles. The van der Waals surface area contributed by atoms with E-state index >= 15 is 0 Å². The molecule has 1 amide bonds. The summed E-state index contributed by atoms with van der Waals surface area (Å²) in [6.07, 6.45) is 1.45. The van der Waals surface area contributed by atoms with Crippen molar-refractivity contribution in [2.24, 2.45) is 5.92 Å². The van der Waals surface area contributed by atoms with Crippen molar-refractivity contribution in [1.29, 1.82) is 0 Å². The van der Waals surface area contributed by atoms with E-state index in [9.17, 15) is 13.2 Å². The van der Waals surface area contributed by atoms with Crippen molar-refractivity contribution in [2.45, 2.75) is 24.7 Å². The van der Waals surface area contributed by atoms with Crippen LogP contribution in [0.4, 0.5) is 6.01 Å². The topological polar surface area (TPSA) is 96.2 Å². The fraction of sp³-hybridized carbons (Fsp3) is 0.440. The van der Waals surface area contributed by atoms with Crippen LogP contribution in [0.25, 0.3) is 11.1 Å². The molecule has 2 fully saturated rings. The van der Waals surface area contributed by atoms with Crippen LogP contribution in [0.3, 0.4) is 0 Å². The van der Waals surface area contributed by atoms with Gasteiger partial charge in [-0.2, -0.15) is 9.29 Å². The minimum Gasteiger partial charge on any atom is -0.494 e. The second kappa shape index (κ2) is 9.87. The maximum atomic E-state index is 13.1. The highest BCUT2D eigenvalue weighted by atomic mass is 32.2. The van der Waals surface area contributed by atoms with Gasteiger partial charge >= 0.3 is 0 Å². The zero-order valence-electron chi connectivity index (χ0n) is 19.8. The van der Waals surface area contributed by atoms with Crippen LogP contribution in [0.15, 0.2) is 57.8 Å². The first-order valence-corrected chi connectivity index (χ1v) is 13.5. The van der Waals surface area contributed by atoms with Gasteiger partial charge in [0.05, 0.1) is 11.5 Å². The molecule has 2 aromatic carbocycles. The molecule has 10 heteroatoms. The third-order valence-electron chi connectivity index (χ3n) is 6.72. The third-order valence-corrected chi connectivity index (χ3v) is 8.63. The van der Waals surface area contributed by atoms with E-state index < -0.39 is 10.0 Å². The zero-order valence-corrected chi connectivity index (χ0v) is 20.6. The van der Waals surface area contributed by atoms with Gasteiger partial charge < -0.3 is 19.0 Å². The molecule has 5 rings (SSSR count). The molecule has 2 saturated heterocycles. The highest BCUT2D eigenvalue weighted by Gasteiger charge is 2.34. The van der Waals surface area contributed by atoms with Crippen LogP contribution >= 0.6 is 0 Å². The SMILES string of the molecule is CCOc1ccc(S(=O)(=O)N2CCN(C(=O)C3CCN(c4nc5ccccc5o4)CC3)CC2)cc1. The second-order valence-corrected chi connectivity index (χ2v) is 10.8. The van der Waals surface area contributed by atoms with Crippen molar-refractivity contribution in [3.63, 3.8) is 0 Å². The van der Waals surface area contributed by atoms with Crippen LogP contribution in [0.2, 0.25) is 0 Å². The molecule has 2 aliphatic rings. The summed E-state index contributed by atoms with van der Waals surface area (Å²) in [7, 11) is -3.60. The number of piperidine rings is 1. The lowest BCUT2D eigenvalue weighted by Gasteiger charge is -2.37. The average Bonchev–Trinajstić information content (AvgIpc) is 3.33. The van der Waals surface area contributed by atoms with E-state index in [1.807, 2.05) is 36.1 Å². The predicted octanol–water partition coefficient (Wildman–Crippen LogP) is 2.98. The molecule has 3 heterocycles. The van der Waals surface area contributed by atoms with Crippen molar-refractivity contribution in [3.8, 4) is 5.75 Å². The van der Waals surface area contributed by atoms with Crippen LogP contribution < -0.4 is 9.64 Å². The van der Waals surface area contributed by atoms with Gasteiger partial charge in [-0.05, 0) is 56.2 Å². The van der Waals surface area contributed by atoms with Crippen LogP contribution in [0, 0.1) is 5.92 Å². The molecule has 0 unspecified atom stereocenters. The standard InChI is InChI=1S/C25H30N4O5S/c1-2-33-20-7-9-21(10-8-20)35(31,32)29-17-15-27(16-18-29)24(30)19-11-13-28(14-12-19)25-26-22-5-3-4-6-23(22)34-25/h3-10,19H,2,11-18H2,1H3. The number of anilines is 1. The molecule has 1 aromatic heterocycles. The Labute approximate surface area is 205 Å². The van der Waals surface area contributed by atoms with Gasteiger partial charge in [0, 0.05) is 45.2 Å². The molecule has 186 valence electrons. The molecule has 0 N–H and O–H groups in total. The summed E-state index contributed by atoms with van der Waals surface area (Å²) in [6.45, 7) is 5.21. The van der Waals surface area contributed by atoms with E-state index in [0.29, 0.717) is 57.6 Å². The van der Waals surface area contributed by atoms with Crippen LogP contribution in [-0.2, 0) is 14.8 Å². The molecule has 2 aliphatic heterocycles. The molecule has 35 heavy (non-hydrogen) atoms. The van der Waals surface area contributed by atoms with Gasteiger partial charge in [-0.25, -0.2) is 8.42 Å². The Morgan fingerprint density at radius 3 is 2.34 bits per heavy atom. The van der Waals surface area contributed by atoms with Gasteiger partial charge in [-0.3, -0.25) is 4.79 Å². The van der Waals surface area contributed by atoms with Crippen molar-refractivity contribution >= 4 is 33.0 Å². The number of amides is 1. The molecule has 0 spiro atoms. The molecule has 3 aromatic rings. The van der Waals surface area contributed by atoms with Crippen molar-refractivity contribution in [3.05, 3.63) is 48.5 Å². The van der Waals surface area contributed by atoms with Crippen molar-refractivity contribution < 1.29 is 22.4 Å². The van der Waals surface area contributed by atoms with E-state index in [0.717, 1.165) is 23.9 Å². The minimum absolute atomic E-state index is 0.0649. The molecule has 9 nitrogen and oxygen atoms in total. The number of para-hydroxylation sites is 2. The smallest absolute Gasteiger partial charge is 0.298 e. The quantitative estimate of drug-likeness (QED) is 0.516. The summed E-state index contributed by atoms with van der Waals surface area (Å²) < 4.78 is 38.8. The number of aromatic nitrogens is 1. The van der Waals surface area contributed by atoms with Gasteiger partial charge in [0.2, 0.25) is 15.9 Å². The maximum absolute atomic E-state index is 13.1. The summed E-state index contributed by atoms with van der Waals surface area (Å²) in [5.74, 6) is 0.689. The van der Waals surface area contributed by atoms with Gasteiger partial charge in [-0.15, -0.1) is 0 Å². The normalized spacial score (nSPS) is 18.2. The first-order valence-electron chi connectivity index (χ1n) is 12.1. The number of fused-ring (bicyclic) bond motifs is 1. The second-order valence-electron chi connectivity index (χ2n) is 8.86. The van der Waals surface area contributed by atoms with E-state index in [-0.39, 0.29) is 16.7 Å². The lowest BCUT2D eigenvalue weighted by Crippen LogP contribution is -2.52. The van der Waals surface area contributed by atoms with E-state index in [4.69, 9.17) is 9.15 Å². The predicted molar refractivity (Wildman–Crippen MR) is 132 cm³/mol. The largest absolute Gasteiger partial charge is 0.494 e. The number of nitrogens with zero attached hydrogens (tertiary/aromatic N) is 4. The number of hydrogen-bond donors (Lipinski definition) is 0. The number of piperazine rings is 1. The maximum Gasteiger partial charge on any atom is 0.298 e. The summed E-state index contributed by atoms with van der Waals surface area (Å²) >= 11 is 0. The Morgan fingerprint density at radius 1 is 1.00 bits per heavy atom. The van der Waals surface area contributed by atoms with E-state index in [2.05, 4.69) is 9.88 Å². The van der Waals surface area contributed by atoms with Gasteiger partial charge in [0.1, 0.15) is 11.3 Å². The third kappa shape index (κ3) is 4.85. The summed E-state index contributed by atoms with van der Waals surface area (Å²) in [5, 5.41) is 0. The van der Waals surface area contributed by atoms with Crippen LogP contribution in [0.5, 0.6) is 5.75 Å². The Hall–Kier alpha value is -3.11. The Bertz CT molecular complexity index is 1240.